The van der Waals surface area contributed by atoms with Crippen molar-refractivity contribution in [1.82, 2.24) is 4.90 Å². The third-order valence-corrected chi connectivity index (χ3v) is 5.35. The highest BCUT2D eigenvalue weighted by atomic mass is 16.6. The van der Waals surface area contributed by atoms with Gasteiger partial charge in [-0.15, -0.1) is 0 Å². The SMILES string of the molecule is CO[C@H](C(=O)N1C(=O)OC(C)(C)[C@@H]1C(C)C)[C@H]1OC(=CCCOCCOCCO)C=CC1=O. The largest absolute Gasteiger partial charge is 0.479 e. The van der Waals surface area contributed by atoms with Crippen LogP contribution in [0.5, 0.6) is 0 Å². The second-order valence-electron chi connectivity index (χ2n) is 8.64. The van der Waals surface area contributed by atoms with Crippen molar-refractivity contribution in [3.8, 4) is 0 Å². The van der Waals surface area contributed by atoms with Gasteiger partial charge < -0.3 is 28.8 Å². The van der Waals surface area contributed by atoms with Crippen molar-refractivity contribution in [2.45, 2.75) is 58.0 Å². The van der Waals surface area contributed by atoms with E-state index in [0.29, 0.717) is 32.0 Å². The Hall–Kier alpha value is -2.27. The van der Waals surface area contributed by atoms with Crippen LogP contribution in [0.4, 0.5) is 4.79 Å². The lowest BCUT2D eigenvalue weighted by Crippen LogP contribution is -2.55. The molecule has 1 fully saturated rings. The number of cyclic esters (lactones) is 1. The fraction of sp³-hybridized carbons (Fsp3) is 0.696. The monoisotopic (exact) mass is 469 g/mol. The highest BCUT2D eigenvalue weighted by Gasteiger charge is 2.54. The zero-order valence-corrected chi connectivity index (χ0v) is 19.9. The first kappa shape index (κ1) is 27.0. The average molecular weight is 470 g/mol. The van der Waals surface area contributed by atoms with Gasteiger partial charge in [-0.05, 0) is 44.4 Å². The van der Waals surface area contributed by atoms with Gasteiger partial charge in [0.25, 0.3) is 5.91 Å². The Kier molecular flexibility index (Phi) is 10.0. The molecule has 2 aliphatic heterocycles. The number of ether oxygens (including phenoxy) is 5. The topological polar surface area (TPSA) is 121 Å². The lowest BCUT2D eigenvalue weighted by Gasteiger charge is -2.34. The van der Waals surface area contributed by atoms with Crippen molar-refractivity contribution < 1.29 is 43.2 Å². The summed E-state index contributed by atoms with van der Waals surface area (Å²) in [6.07, 6.45) is 1.80. The minimum absolute atomic E-state index is 0.0323. The molecule has 0 radical (unpaired) electrons. The minimum atomic E-state index is -1.31. The van der Waals surface area contributed by atoms with E-state index in [0.717, 1.165) is 4.90 Å². The van der Waals surface area contributed by atoms with Crippen molar-refractivity contribution in [2.24, 2.45) is 5.92 Å². The molecule has 186 valence electrons. The smallest absolute Gasteiger partial charge is 0.417 e. The van der Waals surface area contributed by atoms with Crippen molar-refractivity contribution in [2.75, 3.05) is 40.1 Å². The second kappa shape index (κ2) is 12.3. The third kappa shape index (κ3) is 6.86. The number of carbonyl (C=O) groups excluding carboxylic acids is 3. The molecule has 0 aliphatic carbocycles. The van der Waals surface area contributed by atoms with Crippen LogP contribution in [-0.2, 0) is 33.3 Å². The molecule has 2 heterocycles. The number of allylic oxidation sites excluding steroid dienone is 1. The average Bonchev–Trinajstić information content (AvgIpc) is 3.00. The number of rotatable bonds is 12. The van der Waals surface area contributed by atoms with Crippen LogP contribution in [0.25, 0.3) is 0 Å². The van der Waals surface area contributed by atoms with Gasteiger partial charge in [0, 0.05) is 7.11 Å². The summed E-state index contributed by atoms with van der Waals surface area (Å²) in [5.41, 5.74) is -0.870. The molecule has 0 spiro atoms. The number of aliphatic hydroxyl groups excluding tert-OH is 1. The van der Waals surface area contributed by atoms with Crippen molar-refractivity contribution >= 4 is 17.8 Å². The number of methoxy groups -OCH3 is 1. The lowest BCUT2D eigenvalue weighted by molar-refractivity contribution is -0.154. The molecule has 0 aromatic rings. The molecule has 0 aromatic carbocycles. The van der Waals surface area contributed by atoms with Crippen LogP contribution >= 0.6 is 0 Å². The summed E-state index contributed by atoms with van der Waals surface area (Å²) in [7, 11) is 1.30. The van der Waals surface area contributed by atoms with Crippen LogP contribution in [0.15, 0.2) is 24.0 Å². The number of ketones is 1. The van der Waals surface area contributed by atoms with E-state index in [1.54, 1.807) is 19.9 Å². The third-order valence-electron chi connectivity index (χ3n) is 5.35. The van der Waals surface area contributed by atoms with Gasteiger partial charge in [-0.2, -0.15) is 0 Å². The molecule has 1 saturated heterocycles. The Bertz CT molecular complexity index is 759. The molecule has 2 aliphatic rings. The Morgan fingerprint density at radius 1 is 1.18 bits per heavy atom. The molecule has 10 heteroatoms. The van der Waals surface area contributed by atoms with E-state index in [1.807, 2.05) is 13.8 Å². The molecular weight excluding hydrogens is 434 g/mol. The van der Waals surface area contributed by atoms with Gasteiger partial charge in [0.2, 0.25) is 0 Å². The van der Waals surface area contributed by atoms with Gasteiger partial charge in [-0.3, -0.25) is 9.59 Å². The first-order chi connectivity index (χ1) is 15.6. The van der Waals surface area contributed by atoms with E-state index in [-0.39, 0.29) is 19.1 Å². The number of hydrogen-bond acceptors (Lipinski definition) is 9. The van der Waals surface area contributed by atoms with Crippen LogP contribution in [0, 0.1) is 5.92 Å². The summed E-state index contributed by atoms with van der Waals surface area (Å²) < 4.78 is 27.1. The summed E-state index contributed by atoms with van der Waals surface area (Å²) in [4.78, 5) is 39.4. The van der Waals surface area contributed by atoms with E-state index in [1.165, 1.54) is 19.3 Å². The van der Waals surface area contributed by atoms with E-state index < -0.39 is 41.6 Å². The van der Waals surface area contributed by atoms with Gasteiger partial charge in [0.1, 0.15) is 11.4 Å². The van der Waals surface area contributed by atoms with Gasteiger partial charge in [-0.1, -0.05) is 13.8 Å². The number of nitrogens with zero attached hydrogens (tertiary/aromatic N) is 1. The van der Waals surface area contributed by atoms with E-state index in [9.17, 15) is 14.4 Å². The molecule has 3 atom stereocenters. The molecular formula is C23H35NO9. The maximum absolute atomic E-state index is 13.3. The fourth-order valence-corrected chi connectivity index (χ4v) is 4.08. The molecule has 0 bridgehead atoms. The van der Waals surface area contributed by atoms with Crippen molar-refractivity contribution in [3.63, 3.8) is 0 Å². The number of hydrogen-bond donors (Lipinski definition) is 1. The van der Waals surface area contributed by atoms with Crippen LogP contribution in [-0.4, -0.2) is 91.8 Å². The zero-order chi connectivity index (χ0) is 24.6. The molecule has 10 nitrogen and oxygen atoms in total. The predicted molar refractivity (Wildman–Crippen MR) is 117 cm³/mol. The van der Waals surface area contributed by atoms with E-state index in [2.05, 4.69) is 0 Å². The molecule has 1 N–H and O–H groups in total. The van der Waals surface area contributed by atoms with Crippen LogP contribution in [0.2, 0.25) is 0 Å². The van der Waals surface area contributed by atoms with Crippen molar-refractivity contribution in [1.29, 1.82) is 0 Å². The predicted octanol–water partition coefficient (Wildman–Crippen LogP) is 1.61. The summed E-state index contributed by atoms with van der Waals surface area (Å²) in [6.45, 7) is 8.69. The summed E-state index contributed by atoms with van der Waals surface area (Å²) in [6, 6.07) is -0.516. The minimum Gasteiger partial charge on any atom is -0.479 e. The van der Waals surface area contributed by atoms with E-state index >= 15 is 0 Å². The van der Waals surface area contributed by atoms with Gasteiger partial charge in [-0.25, -0.2) is 9.69 Å². The van der Waals surface area contributed by atoms with Gasteiger partial charge in [0.15, 0.2) is 18.0 Å². The molecule has 0 aromatic heterocycles. The van der Waals surface area contributed by atoms with Crippen molar-refractivity contribution in [3.05, 3.63) is 24.0 Å². The number of amides is 2. The molecule has 2 rings (SSSR count). The maximum Gasteiger partial charge on any atom is 0.417 e. The summed E-state index contributed by atoms with van der Waals surface area (Å²) >= 11 is 0. The second-order valence-corrected chi connectivity index (χ2v) is 8.64. The molecule has 0 saturated carbocycles. The van der Waals surface area contributed by atoms with Crippen LogP contribution < -0.4 is 0 Å². The number of carbonyl (C=O) groups is 3. The number of imide groups is 1. The van der Waals surface area contributed by atoms with Gasteiger partial charge >= 0.3 is 6.09 Å². The normalized spacial score (nSPS) is 24.3. The fourth-order valence-electron chi connectivity index (χ4n) is 4.08. The Labute approximate surface area is 194 Å². The standard InChI is InChI=1S/C23H35NO9/c1-15(2)20-23(3,4)33-22(28)24(20)21(27)19(29-5)18-17(26)9-8-16(32-18)7-6-11-30-13-14-31-12-10-25/h7-9,15,18-20,25H,6,10-14H2,1-5H3/t18-,19-,20-/m0/s1. The number of aliphatic hydroxyl groups is 1. The first-order valence-corrected chi connectivity index (χ1v) is 11.1. The Balaban J connectivity index is 2.03. The summed E-state index contributed by atoms with van der Waals surface area (Å²) in [5, 5.41) is 8.64. The molecule has 33 heavy (non-hydrogen) atoms. The summed E-state index contributed by atoms with van der Waals surface area (Å²) in [5.74, 6) is -0.775. The van der Waals surface area contributed by atoms with E-state index in [4.69, 9.17) is 28.8 Å². The quantitative estimate of drug-likeness (QED) is 0.425. The Morgan fingerprint density at radius 2 is 1.85 bits per heavy atom. The first-order valence-electron chi connectivity index (χ1n) is 11.1. The zero-order valence-electron chi connectivity index (χ0n) is 19.9. The Morgan fingerprint density at radius 3 is 2.45 bits per heavy atom. The van der Waals surface area contributed by atoms with Crippen LogP contribution in [0.1, 0.15) is 34.1 Å². The van der Waals surface area contributed by atoms with Crippen LogP contribution in [0.3, 0.4) is 0 Å². The lowest BCUT2D eigenvalue weighted by atomic mass is 9.88. The maximum atomic E-state index is 13.3. The molecule has 2 amide bonds. The highest BCUT2D eigenvalue weighted by molar-refractivity contribution is 6.03. The van der Waals surface area contributed by atoms with Gasteiger partial charge in [0.05, 0.1) is 39.1 Å². The molecule has 0 unspecified atom stereocenters. The highest BCUT2D eigenvalue weighted by Crippen LogP contribution is 2.35.